The largest absolute Gasteiger partial charge is 0.462 e. The summed E-state index contributed by atoms with van der Waals surface area (Å²) < 4.78 is 49.9. The van der Waals surface area contributed by atoms with Gasteiger partial charge in [0.1, 0.15) is 11.6 Å². The van der Waals surface area contributed by atoms with Crippen LogP contribution in [0.2, 0.25) is 0 Å². The Kier molecular flexibility index (Phi) is 9.55. The van der Waals surface area contributed by atoms with E-state index in [4.69, 9.17) is 18.6 Å². The molecule has 4 aliphatic rings. The number of aliphatic hydroxyl groups is 1. The van der Waals surface area contributed by atoms with E-state index in [1.54, 1.807) is 11.1 Å². The molecule has 1 aromatic carbocycles. The maximum absolute atomic E-state index is 13.4. The van der Waals surface area contributed by atoms with E-state index in [0.717, 1.165) is 12.8 Å². The maximum atomic E-state index is 13.4. The van der Waals surface area contributed by atoms with Gasteiger partial charge in [0.25, 0.3) is 10.0 Å². The van der Waals surface area contributed by atoms with Crippen molar-refractivity contribution in [2.75, 3.05) is 26.3 Å². The Bertz CT molecular complexity index is 1470. The molecule has 8 atom stereocenters. The molecular weight excluding hydrogens is 586 g/mol. The van der Waals surface area contributed by atoms with Crippen LogP contribution in [0.4, 0.5) is 0 Å². The highest BCUT2D eigenvalue weighted by Crippen LogP contribution is 2.49. The summed E-state index contributed by atoms with van der Waals surface area (Å²) >= 11 is 0. The van der Waals surface area contributed by atoms with Crippen LogP contribution >= 0.6 is 0 Å². The molecule has 6 unspecified atom stereocenters. The van der Waals surface area contributed by atoms with Gasteiger partial charge >= 0.3 is 5.97 Å². The first-order chi connectivity index (χ1) is 21.2. The molecule has 240 valence electrons. The quantitative estimate of drug-likeness (QED) is 0.234. The summed E-state index contributed by atoms with van der Waals surface area (Å²) in [5.41, 5.74) is 0.929. The van der Waals surface area contributed by atoms with Gasteiger partial charge < -0.3 is 23.7 Å². The highest BCUT2D eigenvalue weighted by molar-refractivity contribution is 7.89. The van der Waals surface area contributed by atoms with Crippen molar-refractivity contribution >= 4 is 27.1 Å². The number of sulfonamides is 1. The van der Waals surface area contributed by atoms with Crippen LogP contribution in [-0.4, -0.2) is 74.3 Å². The van der Waals surface area contributed by atoms with E-state index in [9.17, 15) is 18.3 Å². The zero-order chi connectivity index (χ0) is 30.8. The van der Waals surface area contributed by atoms with Crippen LogP contribution in [0.15, 0.2) is 58.2 Å². The summed E-state index contributed by atoms with van der Waals surface area (Å²) in [6.45, 7) is 5.57. The molecule has 0 spiro atoms. The molecule has 2 N–H and O–H groups in total. The first-order valence-corrected chi connectivity index (χ1v) is 17.2. The molecule has 2 bridgehead atoms. The number of hydrogen-bond acceptors (Lipinski definition) is 10. The van der Waals surface area contributed by atoms with Gasteiger partial charge in [-0.05, 0) is 55.6 Å². The number of benzene rings is 1. The zero-order valence-corrected chi connectivity index (χ0v) is 26.1. The van der Waals surface area contributed by atoms with Crippen molar-refractivity contribution in [3.8, 4) is 0 Å². The predicted molar refractivity (Wildman–Crippen MR) is 161 cm³/mol. The Morgan fingerprint density at radius 3 is 2.84 bits per heavy atom. The van der Waals surface area contributed by atoms with Gasteiger partial charge in [0.05, 0.1) is 30.6 Å². The molecule has 2 aliphatic carbocycles. The molecule has 2 aromatic rings. The Morgan fingerprint density at radius 1 is 1.20 bits per heavy atom. The number of hydrogen-bond donors (Lipinski definition) is 2. The van der Waals surface area contributed by atoms with Crippen LogP contribution < -0.4 is 4.83 Å². The van der Waals surface area contributed by atoms with Gasteiger partial charge in [0.2, 0.25) is 0 Å². The van der Waals surface area contributed by atoms with E-state index in [2.05, 4.69) is 35.8 Å². The number of aliphatic hydroxyl groups excluding tert-OH is 1. The Labute approximate surface area is 258 Å². The molecule has 3 fully saturated rings. The molecule has 3 heterocycles. The average Bonchev–Trinajstić information content (AvgIpc) is 3.70. The standard InChI is InChI=1S/C32H43N3O8S/c1-20(2)10-11-35(34-44(38,39)24-8-9-27-29(15-24)42-19-33-27)16-28(36)22(12-21-6-4-3-5-7-21)14-30(37)43-31-23-13-25-26(31)18-41-32(25)40-17-23/h3-6,8-9,15,19-23,25-26,28,31-32,34,36H,7,10-14,16-18H2,1-2H3/t21?,22-,23?,25?,26?,28-,31?,32?/m1/s1. The molecule has 12 heteroatoms. The minimum atomic E-state index is -3.99. The molecule has 1 saturated carbocycles. The van der Waals surface area contributed by atoms with E-state index in [1.165, 1.54) is 18.5 Å². The lowest BCUT2D eigenvalue weighted by Gasteiger charge is -2.32. The maximum Gasteiger partial charge on any atom is 0.306 e. The smallest absolute Gasteiger partial charge is 0.306 e. The minimum absolute atomic E-state index is 0.0147. The molecule has 2 saturated heterocycles. The molecule has 11 nitrogen and oxygen atoms in total. The van der Waals surface area contributed by atoms with Gasteiger partial charge in [-0.25, -0.2) is 18.4 Å². The van der Waals surface area contributed by atoms with Crippen molar-refractivity contribution in [3.63, 3.8) is 0 Å². The lowest BCUT2D eigenvalue weighted by molar-refractivity contribution is -0.178. The van der Waals surface area contributed by atoms with Crippen molar-refractivity contribution in [2.45, 2.75) is 69.3 Å². The number of esters is 1. The molecule has 1 aromatic heterocycles. The number of aromatic nitrogens is 1. The van der Waals surface area contributed by atoms with E-state index in [1.807, 2.05) is 12.2 Å². The summed E-state index contributed by atoms with van der Waals surface area (Å²) in [5, 5.41) is 13.2. The Hall–Kier alpha value is -2.61. The lowest BCUT2D eigenvalue weighted by atomic mass is 9.84. The van der Waals surface area contributed by atoms with Crippen LogP contribution in [0, 0.1) is 35.5 Å². The van der Waals surface area contributed by atoms with Crippen molar-refractivity contribution in [2.24, 2.45) is 35.5 Å². The van der Waals surface area contributed by atoms with Crippen molar-refractivity contribution in [3.05, 3.63) is 48.9 Å². The number of carbonyl (C=O) groups is 1. The van der Waals surface area contributed by atoms with E-state index in [0.29, 0.717) is 49.6 Å². The second kappa shape index (κ2) is 13.4. The molecule has 0 amide bonds. The third-order valence-electron chi connectivity index (χ3n) is 9.45. The SMILES string of the molecule is CC(C)CCN(C[C@@H](O)[C@@H](CC(=O)OC1C2COC3OCC1C3C2)CC1C=CC=CC1)NS(=O)(=O)c1ccc2ncoc2c1. The number of fused-ring (bicyclic) bond motifs is 2. The Balaban J connectivity index is 1.15. The summed E-state index contributed by atoms with van der Waals surface area (Å²) in [5.74, 6) is 0.252. The third-order valence-corrected chi connectivity index (χ3v) is 10.8. The fourth-order valence-corrected chi connectivity index (χ4v) is 8.14. The average molecular weight is 630 g/mol. The van der Waals surface area contributed by atoms with Crippen LogP contribution in [0.5, 0.6) is 0 Å². The molecular formula is C32H43N3O8S. The highest BCUT2D eigenvalue weighted by atomic mass is 32.2. The number of carbonyl (C=O) groups excluding carboxylic acids is 1. The number of nitrogens with zero attached hydrogens (tertiary/aromatic N) is 2. The predicted octanol–water partition coefficient (Wildman–Crippen LogP) is 3.81. The number of oxazole rings is 1. The Morgan fingerprint density at radius 2 is 2.05 bits per heavy atom. The second-order valence-electron chi connectivity index (χ2n) is 13.1. The van der Waals surface area contributed by atoms with Gasteiger partial charge in [-0.2, -0.15) is 0 Å². The third kappa shape index (κ3) is 7.11. The van der Waals surface area contributed by atoms with E-state index in [-0.39, 0.29) is 59.9 Å². The summed E-state index contributed by atoms with van der Waals surface area (Å²) in [7, 11) is -3.99. The fourth-order valence-electron chi connectivity index (χ4n) is 7.02. The van der Waals surface area contributed by atoms with E-state index < -0.39 is 22.0 Å². The van der Waals surface area contributed by atoms with Gasteiger partial charge in [-0.3, -0.25) is 4.79 Å². The summed E-state index contributed by atoms with van der Waals surface area (Å²) in [6, 6.07) is 4.51. The number of hydrazine groups is 1. The molecule has 2 aliphatic heterocycles. The van der Waals surface area contributed by atoms with Crippen LogP contribution in [-0.2, 0) is 29.0 Å². The molecule has 0 radical (unpaired) electrons. The molecule has 44 heavy (non-hydrogen) atoms. The first kappa shape index (κ1) is 31.4. The number of nitrogens with one attached hydrogen (secondary N) is 1. The van der Waals surface area contributed by atoms with Crippen LogP contribution in [0.3, 0.4) is 0 Å². The second-order valence-corrected chi connectivity index (χ2v) is 14.8. The van der Waals surface area contributed by atoms with Gasteiger partial charge in [-0.15, -0.1) is 4.83 Å². The zero-order valence-electron chi connectivity index (χ0n) is 25.3. The topological polar surface area (TPSA) is 140 Å². The van der Waals surface area contributed by atoms with Gasteiger partial charge in [0.15, 0.2) is 18.3 Å². The van der Waals surface area contributed by atoms with Crippen LogP contribution in [0.1, 0.15) is 46.0 Å². The van der Waals surface area contributed by atoms with E-state index >= 15 is 0 Å². The monoisotopic (exact) mass is 629 g/mol. The lowest BCUT2D eigenvalue weighted by Crippen LogP contribution is -2.48. The van der Waals surface area contributed by atoms with Crippen molar-refractivity contribution in [1.82, 2.24) is 14.8 Å². The summed E-state index contributed by atoms with van der Waals surface area (Å²) in [4.78, 5) is 20.2. The number of ether oxygens (including phenoxy) is 3. The number of rotatable bonds is 14. The fraction of sp³-hybridized carbons (Fsp3) is 0.625. The van der Waals surface area contributed by atoms with Crippen LogP contribution in [0.25, 0.3) is 11.1 Å². The number of allylic oxidation sites excluding steroid dienone is 4. The van der Waals surface area contributed by atoms with Gasteiger partial charge in [-0.1, -0.05) is 38.2 Å². The van der Waals surface area contributed by atoms with Crippen molar-refractivity contribution in [1.29, 1.82) is 0 Å². The van der Waals surface area contributed by atoms with Gasteiger partial charge in [0, 0.05) is 36.9 Å². The first-order valence-electron chi connectivity index (χ1n) is 15.7. The van der Waals surface area contributed by atoms with Crippen molar-refractivity contribution < 1.29 is 36.9 Å². The molecule has 6 rings (SSSR count). The summed E-state index contributed by atoms with van der Waals surface area (Å²) in [6.07, 6.45) is 11.1. The minimum Gasteiger partial charge on any atom is -0.462 e. The highest BCUT2D eigenvalue weighted by Gasteiger charge is 2.56. The normalized spacial score (nSPS) is 29.1.